The highest BCUT2D eigenvalue weighted by Gasteiger charge is 2.40. The summed E-state index contributed by atoms with van der Waals surface area (Å²) in [5.74, 6) is 1.76. The average Bonchev–Trinajstić information content (AvgIpc) is 3.53. The number of amides is 1. The molecule has 3 aromatic rings. The molecule has 0 unspecified atom stereocenters. The van der Waals surface area contributed by atoms with Crippen LogP contribution in [0.25, 0.3) is 0 Å². The summed E-state index contributed by atoms with van der Waals surface area (Å²) < 4.78 is 32.7. The minimum Gasteiger partial charge on any atom is -0.497 e. The Kier molecular flexibility index (Phi) is 6.85. The van der Waals surface area contributed by atoms with Gasteiger partial charge in [-0.3, -0.25) is 4.79 Å². The molecule has 35 heavy (non-hydrogen) atoms. The lowest BCUT2D eigenvalue weighted by Gasteiger charge is -2.37. The molecule has 2 fully saturated rings. The molecule has 0 radical (unpaired) electrons. The Bertz CT molecular complexity index is 1180. The molecule has 2 aromatic carbocycles. The third kappa shape index (κ3) is 5.24. The topological polar surface area (TPSA) is 92.2 Å². The van der Waals surface area contributed by atoms with Crippen molar-refractivity contribution in [1.29, 1.82) is 0 Å². The smallest absolute Gasteiger partial charge is 0.298 e. The van der Waals surface area contributed by atoms with Gasteiger partial charge in [0.15, 0.2) is 23.1 Å². The van der Waals surface area contributed by atoms with E-state index in [2.05, 4.69) is 9.36 Å². The van der Waals surface area contributed by atoms with Crippen LogP contribution in [0.15, 0.2) is 42.5 Å². The number of nitrogens with zero attached hydrogens (tertiary/aromatic N) is 3. The molecule has 5 rings (SSSR count). The molecule has 10 heteroatoms. The molecule has 2 aliphatic heterocycles. The van der Waals surface area contributed by atoms with Gasteiger partial charge in [-0.15, -0.1) is 0 Å². The van der Waals surface area contributed by atoms with E-state index in [1.54, 1.807) is 32.4 Å². The number of methoxy groups -OCH3 is 2. The van der Waals surface area contributed by atoms with Crippen molar-refractivity contribution in [2.24, 2.45) is 0 Å². The van der Waals surface area contributed by atoms with Crippen LogP contribution < -0.4 is 14.2 Å². The van der Waals surface area contributed by atoms with Crippen molar-refractivity contribution in [3.8, 4) is 22.4 Å². The lowest BCUT2D eigenvalue weighted by molar-refractivity contribution is -0.181. The van der Waals surface area contributed by atoms with Gasteiger partial charge in [-0.25, -0.2) is 0 Å². The van der Waals surface area contributed by atoms with Crippen molar-refractivity contribution in [2.75, 3.05) is 40.5 Å². The Balaban J connectivity index is 1.27. The van der Waals surface area contributed by atoms with E-state index in [1.807, 2.05) is 29.2 Å². The molecule has 0 bridgehead atoms. The highest BCUT2D eigenvalue weighted by Crippen LogP contribution is 2.35. The van der Waals surface area contributed by atoms with Crippen LogP contribution in [0.1, 0.15) is 34.6 Å². The fourth-order valence-corrected chi connectivity index (χ4v) is 4.88. The molecular formula is C25H27N3O6S. The van der Waals surface area contributed by atoms with Crippen molar-refractivity contribution in [1.82, 2.24) is 14.3 Å². The van der Waals surface area contributed by atoms with Crippen molar-refractivity contribution in [3.05, 3.63) is 59.4 Å². The quantitative estimate of drug-likeness (QED) is 0.485. The number of carbonyl (C=O) groups is 1. The normalized spacial score (nSPS) is 16.9. The predicted octanol–water partition coefficient (Wildman–Crippen LogP) is 3.92. The lowest BCUT2D eigenvalue weighted by atomic mass is 10.0. The second-order valence-electron chi connectivity index (χ2n) is 8.37. The second kappa shape index (κ2) is 10.2. The molecule has 184 valence electrons. The molecule has 0 saturated carbocycles. The zero-order valence-corrected chi connectivity index (χ0v) is 20.5. The highest BCUT2D eigenvalue weighted by molar-refractivity contribution is 7.07. The Morgan fingerprint density at radius 1 is 1.06 bits per heavy atom. The number of piperidine rings is 1. The van der Waals surface area contributed by atoms with Gasteiger partial charge in [0.05, 0.1) is 27.4 Å². The summed E-state index contributed by atoms with van der Waals surface area (Å²) in [5, 5.41) is 0.376. The Labute approximate surface area is 207 Å². The van der Waals surface area contributed by atoms with Crippen LogP contribution in [0.3, 0.4) is 0 Å². The van der Waals surface area contributed by atoms with Gasteiger partial charge < -0.3 is 28.6 Å². The molecule has 1 aromatic heterocycles. The highest BCUT2D eigenvalue weighted by atomic mass is 32.1. The van der Waals surface area contributed by atoms with Crippen LogP contribution in [0.5, 0.6) is 22.4 Å². The van der Waals surface area contributed by atoms with Crippen molar-refractivity contribution >= 4 is 17.4 Å². The summed E-state index contributed by atoms with van der Waals surface area (Å²) in [7, 11) is 3.20. The van der Waals surface area contributed by atoms with E-state index in [4.69, 9.17) is 23.7 Å². The maximum Gasteiger partial charge on any atom is 0.298 e. The largest absolute Gasteiger partial charge is 0.497 e. The number of carbonyl (C=O) groups excluding carboxylic acids is 1. The van der Waals surface area contributed by atoms with Gasteiger partial charge in [0.25, 0.3) is 11.1 Å². The summed E-state index contributed by atoms with van der Waals surface area (Å²) in [6, 6.07) is 12.9. The molecule has 1 spiro atoms. The maximum atomic E-state index is 13.2. The molecule has 0 aliphatic carbocycles. The van der Waals surface area contributed by atoms with Crippen LogP contribution in [-0.2, 0) is 15.9 Å². The van der Waals surface area contributed by atoms with Crippen LogP contribution in [-0.4, -0.2) is 66.5 Å². The van der Waals surface area contributed by atoms with Gasteiger partial charge in [-0.1, -0.05) is 12.1 Å². The molecule has 2 saturated heterocycles. The zero-order chi connectivity index (χ0) is 24.3. The first-order valence-corrected chi connectivity index (χ1v) is 12.2. The van der Waals surface area contributed by atoms with Gasteiger partial charge in [0, 0.05) is 49.4 Å². The molecule has 0 atom stereocenters. The Morgan fingerprint density at radius 2 is 1.86 bits per heavy atom. The van der Waals surface area contributed by atoms with Crippen molar-refractivity contribution < 1.29 is 28.5 Å². The van der Waals surface area contributed by atoms with Crippen molar-refractivity contribution in [2.45, 2.75) is 25.0 Å². The monoisotopic (exact) mass is 497 g/mol. The first-order chi connectivity index (χ1) is 17.1. The fraction of sp³-hybridized carbons (Fsp3) is 0.400. The third-order valence-electron chi connectivity index (χ3n) is 6.18. The first-order valence-electron chi connectivity index (χ1n) is 11.5. The minimum absolute atomic E-state index is 0.0682. The zero-order valence-electron chi connectivity index (χ0n) is 19.7. The van der Waals surface area contributed by atoms with Crippen LogP contribution >= 0.6 is 11.5 Å². The van der Waals surface area contributed by atoms with Gasteiger partial charge in [-0.05, 0) is 35.9 Å². The van der Waals surface area contributed by atoms with Gasteiger partial charge >= 0.3 is 0 Å². The summed E-state index contributed by atoms with van der Waals surface area (Å²) in [6.45, 7) is 2.37. The van der Waals surface area contributed by atoms with Crippen LogP contribution in [0.2, 0.25) is 0 Å². The van der Waals surface area contributed by atoms with Gasteiger partial charge in [-0.2, -0.15) is 9.36 Å². The molecule has 2 aliphatic rings. The molecule has 9 nitrogen and oxygen atoms in total. The number of likely N-dealkylation sites (tertiary alicyclic amines) is 1. The number of ether oxygens (including phenoxy) is 5. The second-order valence-corrected chi connectivity index (χ2v) is 9.09. The number of hydrogen-bond donors (Lipinski definition) is 0. The van der Waals surface area contributed by atoms with E-state index in [9.17, 15) is 4.79 Å². The molecule has 1 amide bonds. The molecule has 3 heterocycles. The van der Waals surface area contributed by atoms with Gasteiger partial charge in [0.2, 0.25) is 0 Å². The first kappa shape index (κ1) is 23.5. The summed E-state index contributed by atoms with van der Waals surface area (Å²) in [4.78, 5) is 19.5. The molecule has 0 N–H and O–H groups in total. The van der Waals surface area contributed by atoms with Gasteiger partial charge in [0.1, 0.15) is 5.75 Å². The van der Waals surface area contributed by atoms with E-state index in [-0.39, 0.29) is 5.91 Å². The predicted molar refractivity (Wildman–Crippen MR) is 129 cm³/mol. The van der Waals surface area contributed by atoms with Crippen LogP contribution in [0, 0.1) is 0 Å². The van der Waals surface area contributed by atoms with E-state index < -0.39 is 5.79 Å². The average molecular weight is 498 g/mol. The van der Waals surface area contributed by atoms with Crippen molar-refractivity contribution in [3.63, 3.8) is 0 Å². The van der Waals surface area contributed by atoms with E-state index in [0.29, 0.717) is 73.6 Å². The Hall–Kier alpha value is -3.21. The van der Waals surface area contributed by atoms with E-state index in [0.717, 1.165) is 22.8 Å². The van der Waals surface area contributed by atoms with E-state index in [1.165, 1.54) is 0 Å². The minimum atomic E-state index is -0.522. The summed E-state index contributed by atoms with van der Waals surface area (Å²) >= 11 is 1.15. The summed E-state index contributed by atoms with van der Waals surface area (Å²) in [5.41, 5.74) is 1.56. The number of rotatable bonds is 7. The van der Waals surface area contributed by atoms with E-state index >= 15 is 0 Å². The number of benzene rings is 2. The maximum absolute atomic E-state index is 13.2. The summed E-state index contributed by atoms with van der Waals surface area (Å²) in [6.07, 6.45) is 1.88. The fourth-order valence-electron chi connectivity index (χ4n) is 4.32. The SMILES string of the molecule is COc1cccc(Cc2nsc(Oc3cc(C(=O)N4CCC5(CC4)OCCO5)ccc3OC)n2)c1. The number of hydrogen-bond acceptors (Lipinski definition) is 9. The lowest BCUT2D eigenvalue weighted by Crippen LogP contribution is -2.47. The molecular weight excluding hydrogens is 470 g/mol. The van der Waals surface area contributed by atoms with Crippen LogP contribution in [0.4, 0.5) is 0 Å². The third-order valence-corrected chi connectivity index (χ3v) is 6.81. The Morgan fingerprint density at radius 3 is 2.60 bits per heavy atom. The number of aromatic nitrogens is 2. The standard InChI is InChI=1S/C25H27N3O6S/c1-30-19-5-3-4-17(14-19)15-22-26-24(35-27-22)34-21-16-18(6-7-20(21)31-2)23(29)28-10-8-25(9-11-28)32-12-13-33-25/h3-7,14,16H,8-13,15H2,1-2H3.